The fraction of sp³-hybridized carbons (Fsp3) is 0.783. The average molecular weight is 407 g/mol. The maximum Gasteiger partial charge on any atom is 0.508 e. The van der Waals surface area contributed by atoms with E-state index >= 15 is 0 Å². The highest BCUT2D eigenvalue weighted by molar-refractivity contribution is 5.98. The molecule has 2 saturated carbocycles. The van der Waals surface area contributed by atoms with E-state index in [0.717, 1.165) is 19.3 Å². The Morgan fingerprint density at radius 2 is 1.79 bits per heavy atom. The second-order valence-corrected chi connectivity index (χ2v) is 9.95. The van der Waals surface area contributed by atoms with Crippen molar-refractivity contribution >= 4 is 17.9 Å². The lowest BCUT2D eigenvalue weighted by Crippen LogP contribution is -2.59. The van der Waals surface area contributed by atoms with Crippen LogP contribution in [0.3, 0.4) is 0 Å². The smallest absolute Gasteiger partial charge is 0.466 e. The van der Waals surface area contributed by atoms with Gasteiger partial charge in [-0.15, -0.1) is 0 Å². The molecule has 0 aromatic rings. The van der Waals surface area contributed by atoms with E-state index in [-0.39, 0.29) is 35.6 Å². The van der Waals surface area contributed by atoms with Gasteiger partial charge in [0.05, 0.1) is 19.6 Å². The van der Waals surface area contributed by atoms with E-state index in [9.17, 15) is 14.4 Å². The highest BCUT2D eigenvalue weighted by atomic mass is 16.7. The summed E-state index contributed by atoms with van der Waals surface area (Å²) >= 11 is 0. The minimum atomic E-state index is -0.793. The summed E-state index contributed by atoms with van der Waals surface area (Å²) in [5.41, 5.74) is -0.234. The molecule has 2 fully saturated rings. The van der Waals surface area contributed by atoms with E-state index in [1.54, 1.807) is 0 Å². The number of hydrogen-bond donors (Lipinski definition) is 0. The zero-order valence-corrected chi connectivity index (χ0v) is 18.3. The molecule has 0 unspecified atom stereocenters. The normalized spacial score (nSPS) is 36.0. The maximum atomic E-state index is 13.6. The number of rotatable bonds is 3. The van der Waals surface area contributed by atoms with Crippen molar-refractivity contribution in [1.82, 2.24) is 0 Å². The first-order valence-electron chi connectivity index (χ1n) is 10.6. The third kappa shape index (κ3) is 3.59. The number of Topliss-reactive ketones (excluding diaryl/α,β-unsaturated/α-hetero) is 1. The Morgan fingerprint density at radius 1 is 1.07 bits per heavy atom. The Morgan fingerprint density at radius 3 is 2.45 bits per heavy atom. The van der Waals surface area contributed by atoms with Crippen LogP contribution in [0.5, 0.6) is 0 Å². The Labute approximate surface area is 173 Å². The lowest BCUT2D eigenvalue weighted by molar-refractivity contribution is -0.167. The van der Waals surface area contributed by atoms with Crippen LogP contribution in [-0.2, 0) is 23.8 Å². The lowest BCUT2D eigenvalue weighted by Gasteiger charge is -2.62. The van der Waals surface area contributed by atoms with E-state index in [4.69, 9.17) is 9.47 Å². The number of methoxy groups -OCH3 is 2. The molecular weight excluding hydrogens is 372 g/mol. The van der Waals surface area contributed by atoms with Crippen LogP contribution in [0.1, 0.15) is 65.7 Å². The summed E-state index contributed by atoms with van der Waals surface area (Å²) in [7, 11) is 2.61. The molecule has 0 aromatic carbocycles. The zero-order chi connectivity index (χ0) is 21.4. The van der Waals surface area contributed by atoms with Crippen LogP contribution in [0.25, 0.3) is 0 Å². The molecular formula is C23H34O6. The van der Waals surface area contributed by atoms with Crippen molar-refractivity contribution in [3.63, 3.8) is 0 Å². The van der Waals surface area contributed by atoms with Gasteiger partial charge in [-0.2, -0.15) is 0 Å². The van der Waals surface area contributed by atoms with Crippen molar-refractivity contribution in [2.75, 3.05) is 20.8 Å². The third-order valence-electron chi connectivity index (χ3n) is 8.19. The number of fused-ring (bicyclic) bond motifs is 3. The van der Waals surface area contributed by atoms with Crippen molar-refractivity contribution in [2.24, 2.45) is 28.1 Å². The SMILES string of the molecule is COC(=O)OC[C@@]12CC[C@H]3C(C)(C)CCC[C@]3(C)[C@H]1CC=C(C(=O)OC)CC2=O. The van der Waals surface area contributed by atoms with Crippen LogP contribution in [0.2, 0.25) is 0 Å². The quantitative estimate of drug-likeness (QED) is 0.644. The Kier molecular flexibility index (Phi) is 5.85. The first-order chi connectivity index (χ1) is 13.6. The molecule has 0 aromatic heterocycles. The summed E-state index contributed by atoms with van der Waals surface area (Å²) in [4.78, 5) is 37.6. The van der Waals surface area contributed by atoms with E-state index < -0.39 is 17.5 Å². The molecule has 162 valence electrons. The fourth-order valence-electron chi connectivity index (χ4n) is 6.81. The molecule has 0 saturated heterocycles. The maximum absolute atomic E-state index is 13.6. The third-order valence-corrected chi connectivity index (χ3v) is 8.19. The Bertz CT molecular complexity index is 723. The van der Waals surface area contributed by atoms with E-state index in [0.29, 0.717) is 24.3 Å². The van der Waals surface area contributed by atoms with Crippen molar-refractivity contribution in [1.29, 1.82) is 0 Å². The zero-order valence-electron chi connectivity index (χ0n) is 18.3. The summed E-state index contributed by atoms with van der Waals surface area (Å²) in [6.45, 7) is 6.98. The van der Waals surface area contributed by atoms with Crippen molar-refractivity contribution in [3.05, 3.63) is 11.6 Å². The van der Waals surface area contributed by atoms with Gasteiger partial charge in [-0.1, -0.05) is 33.3 Å². The van der Waals surface area contributed by atoms with E-state index in [1.165, 1.54) is 20.6 Å². The highest BCUT2D eigenvalue weighted by Crippen LogP contribution is 2.66. The molecule has 29 heavy (non-hydrogen) atoms. The number of allylic oxidation sites excluding steroid dienone is 1. The summed E-state index contributed by atoms with van der Waals surface area (Å²) in [5.74, 6) is 0.0174. The summed E-state index contributed by atoms with van der Waals surface area (Å²) in [6.07, 6.45) is 6.69. The molecule has 4 atom stereocenters. The van der Waals surface area contributed by atoms with Gasteiger partial charge in [0.15, 0.2) is 0 Å². The molecule has 0 heterocycles. The molecule has 6 nitrogen and oxygen atoms in total. The number of carbonyl (C=O) groups is 3. The van der Waals surface area contributed by atoms with Gasteiger partial charge >= 0.3 is 12.1 Å². The largest absolute Gasteiger partial charge is 0.508 e. The van der Waals surface area contributed by atoms with Crippen molar-refractivity contribution < 1.29 is 28.6 Å². The minimum absolute atomic E-state index is 0.00707. The van der Waals surface area contributed by atoms with Crippen LogP contribution in [-0.4, -0.2) is 38.7 Å². The minimum Gasteiger partial charge on any atom is -0.466 e. The number of carbonyl (C=O) groups excluding carboxylic acids is 3. The van der Waals surface area contributed by atoms with Gasteiger partial charge in [0.25, 0.3) is 0 Å². The predicted molar refractivity (Wildman–Crippen MR) is 107 cm³/mol. The molecule has 0 radical (unpaired) electrons. The fourth-order valence-corrected chi connectivity index (χ4v) is 6.81. The molecule has 0 N–H and O–H groups in total. The standard InChI is InChI=1S/C23H34O6/c1-21(2)10-6-11-22(3)16(21)9-12-23(14-29-20(26)28-5)17(22)8-7-15(13-18(23)24)19(25)27-4/h7,16-17H,6,8-14H2,1-5H3/t16-,17+,22-,23-/m0/s1. The number of ether oxygens (including phenoxy) is 3. The van der Waals surface area contributed by atoms with Crippen LogP contribution in [0, 0.1) is 28.1 Å². The van der Waals surface area contributed by atoms with E-state index in [1.807, 2.05) is 6.08 Å². The van der Waals surface area contributed by atoms with Gasteiger partial charge in [0, 0.05) is 12.0 Å². The number of esters is 1. The van der Waals surface area contributed by atoms with Crippen molar-refractivity contribution in [3.8, 4) is 0 Å². The molecule has 0 aliphatic heterocycles. The summed E-state index contributed by atoms with van der Waals surface area (Å²) in [6, 6.07) is 0. The van der Waals surface area contributed by atoms with Crippen LogP contribution in [0.15, 0.2) is 11.6 Å². The molecule has 6 heteroatoms. The number of hydrogen-bond acceptors (Lipinski definition) is 6. The first kappa shape index (κ1) is 21.8. The summed E-state index contributed by atoms with van der Waals surface area (Å²) in [5, 5.41) is 0. The molecule has 0 amide bonds. The van der Waals surface area contributed by atoms with Gasteiger partial charge in [-0.25, -0.2) is 9.59 Å². The van der Waals surface area contributed by atoms with Gasteiger partial charge in [0.1, 0.15) is 12.4 Å². The van der Waals surface area contributed by atoms with Gasteiger partial charge in [0.2, 0.25) is 0 Å². The lowest BCUT2D eigenvalue weighted by atomic mass is 9.42. The van der Waals surface area contributed by atoms with Crippen molar-refractivity contribution in [2.45, 2.75) is 65.7 Å². The van der Waals surface area contributed by atoms with Crippen LogP contribution < -0.4 is 0 Å². The van der Waals surface area contributed by atoms with Crippen LogP contribution in [0.4, 0.5) is 4.79 Å². The van der Waals surface area contributed by atoms with Gasteiger partial charge < -0.3 is 14.2 Å². The Hall–Kier alpha value is -1.85. The Balaban J connectivity index is 2.05. The molecule has 3 aliphatic rings. The van der Waals surface area contributed by atoms with Crippen LogP contribution >= 0.6 is 0 Å². The molecule has 3 rings (SSSR count). The second kappa shape index (κ2) is 7.77. The van der Waals surface area contributed by atoms with Gasteiger partial charge in [-0.05, 0) is 54.8 Å². The molecule has 3 aliphatic carbocycles. The monoisotopic (exact) mass is 406 g/mol. The second-order valence-electron chi connectivity index (χ2n) is 9.95. The average Bonchev–Trinajstić information content (AvgIpc) is 2.82. The topological polar surface area (TPSA) is 78.9 Å². The summed E-state index contributed by atoms with van der Waals surface area (Å²) < 4.78 is 15.0. The van der Waals surface area contributed by atoms with E-state index in [2.05, 4.69) is 25.5 Å². The van der Waals surface area contributed by atoms with Gasteiger partial charge in [-0.3, -0.25) is 4.79 Å². The number of ketones is 1. The predicted octanol–water partition coefficient (Wildman–Crippen LogP) is 4.46. The molecule has 0 spiro atoms. The first-order valence-corrected chi connectivity index (χ1v) is 10.6. The molecule has 0 bridgehead atoms. The highest BCUT2D eigenvalue weighted by Gasteiger charge is 2.62.